The fourth-order valence-corrected chi connectivity index (χ4v) is 3.14. The number of nitrogens with one attached hydrogen (secondary N) is 2. The first-order valence-corrected chi connectivity index (χ1v) is 9.25. The van der Waals surface area contributed by atoms with Gasteiger partial charge in [0.15, 0.2) is 5.11 Å². The number of benzene rings is 2. The van der Waals surface area contributed by atoms with E-state index in [0.717, 1.165) is 41.5 Å². The fraction of sp³-hybridized carbons (Fsp3) is 0.278. The van der Waals surface area contributed by atoms with Crippen LogP contribution in [0.5, 0.6) is 5.75 Å². The van der Waals surface area contributed by atoms with Gasteiger partial charge in [0.25, 0.3) is 0 Å². The number of hydrogen-bond donors (Lipinski definition) is 2. The van der Waals surface area contributed by atoms with Crippen LogP contribution in [-0.2, 0) is 5.75 Å². The molecule has 0 spiro atoms. The van der Waals surface area contributed by atoms with Crippen molar-refractivity contribution in [2.45, 2.75) is 12.2 Å². The summed E-state index contributed by atoms with van der Waals surface area (Å²) in [6, 6.07) is 14.3. The highest BCUT2D eigenvalue weighted by atomic mass is 32.2. The molecule has 0 bridgehead atoms. The quantitative estimate of drug-likeness (QED) is 0.534. The van der Waals surface area contributed by atoms with Crippen molar-refractivity contribution in [1.82, 2.24) is 5.32 Å². The van der Waals surface area contributed by atoms with E-state index in [2.05, 4.69) is 10.6 Å². The van der Waals surface area contributed by atoms with E-state index in [1.807, 2.05) is 48.2 Å². The van der Waals surface area contributed by atoms with Gasteiger partial charge in [-0.1, -0.05) is 12.1 Å². The van der Waals surface area contributed by atoms with Crippen molar-refractivity contribution in [3.63, 3.8) is 0 Å². The van der Waals surface area contributed by atoms with Crippen molar-refractivity contribution in [2.75, 3.05) is 24.7 Å². The molecule has 0 unspecified atom stereocenters. The van der Waals surface area contributed by atoms with Crippen molar-refractivity contribution in [1.29, 1.82) is 0 Å². The predicted molar refractivity (Wildman–Crippen MR) is 104 cm³/mol. The molecule has 0 aliphatic heterocycles. The third-order valence-corrected chi connectivity index (χ3v) is 4.64. The largest absolute Gasteiger partial charge is 0.497 e. The van der Waals surface area contributed by atoms with Crippen LogP contribution in [0.4, 0.5) is 10.1 Å². The number of rotatable bonds is 8. The summed E-state index contributed by atoms with van der Waals surface area (Å²) in [6.45, 7) is 0.818. The van der Waals surface area contributed by atoms with Crippen LogP contribution >= 0.6 is 24.0 Å². The Morgan fingerprint density at radius 1 is 1.12 bits per heavy atom. The molecule has 0 radical (unpaired) electrons. The lowest BCUT2D eigenvalue weighted by Crippen LogP contribution is -2.29. The Bertz CT molecular complexity index is 632. The molecule has 128 valence electrons. The van der Waals surface area contributed by atoms with Crippen LogP contribution in [-0.4, -0.2) is 24.5 Å². The molecule has 0 heterocycles. The summed E-state index contributed by atoms with van der Waals surface area (Å²) in [4.78, 5) is 0. The second-order valence-corrected chi connectivity index (χ2v) is 6.66. The number of methoxy groups -OCH3 is 1. The van der Waals surface area contributed by atoms with Gasteiger partial charge in [-0.2, -0.15) is 11.8 Å². The summed E-state index contributed by atoms with van der Waals surface area (Å²) in [5.41, 5.74) is 2.07. The minimum atomic E-state index is -0.189. The molecule has 2 aromatic rings. The van der Waals surface area contributed by atoms with Crippen molar-refractivity contribution in [3.05, 3.63) is 59.9 Å². The summed E-state index contributed by atoms with van der Waals surface area (Å²) < 4.78 is 17.9. The maximum absolute atomic E-state index is 12.8. The van der Waals surface area contributed by atoms with E-state index in [9.17, 15) is 4.39 Å². The highest BCUT2D eigenvalue weighted by Gasteiger charge is 1.99. The summed E-state index contributed by atoms with van der Waals surface area (Å²) in [7, 11) is 1.64. The molecule has 0 amide bonds. The lowest BCUT2D eigenvalue weighted by molar-refractivity contribution is 0.415. The average molecular weight is 365 g/mol. The maximum Gasteiger partial charge on any atom is 0.170 e. The SMILES string of the molecule is COc1ccc(NC(=S)NCCCSCc2ccc(F)cc2)cc1. The maximum atomic E-state index is 12.8. The van der Waals surface area contributed by atoms with Crippen molar-refractivity contribution >= 4 is 34.8 Å². The predicted octanol–water partition coefficient (Wildman–Crippen LogP) is 4.44. The zero-order valence-electron chi connectivity index (χ0n) is 13.5. The van der Waals surface area contributed by atoms with Gasteiger partial charge in [-0.25, -0.2) is 4.39 Å². The van der Waals surface area contributed by atoms with E-state index in [1.165, 1.54) is 12.1 Å². The molecular weight excluding hydrogens is 343 g/mol. The molecule has 0 saturated heterocycles. The van der Waals surface area contributed by atoms with Crippen LogP contribution < -0.4 is 15.4 Å². The number of anilines is 1. The molecule has 24 heavy (non-hydrogen) atoms. The topological polar surface area (TPSA) is 33.3 Å². The zero-order valence-corrected chi connectivity index (χ0v) is 15.2. The molecule has 2 aromatic carbocycles. The molecule has 0 aliphatic carbocycles. The first kappa shape index (κ1) is 18.5. The van der Waals surface area contributed by atoms with E-state index < -0.39 is 0 Å². The molecule has 2 rings (SSSR count). The Kier molecular flexibility index (Phi) is 7.85. The fourth-order valence-electron chi connectivity index (χ4n) is 2.00. The number of thiocarbonyl (C=S) groups is 1. The highest BCUT2D eigenvalue weighted by molar-refractivity contribution is 7.98. The van der Waals surface area contributed by atoms with Gasteiger partial charge < -0.3 is 15.4 Å². The lowest BCUT2D eigenvalue weighted by atomic mass is 10.2. The first-order chi connectivity index (χ1) is 11.7. The van der Waals surface area contributed by atoms with Crippen LogP contribution in [0.3, 0.4) is 0 Å². The van der Waals surface area contributed by atoms with Gasteiger partial charge in [0.2, 0.25) is 0 Å². The normalized spacial score (nSPS) is 10.2. The Labute approximate surface area is 152 Å². The Morgan fingerprint density at radius 3 is 2.50 bits per heavy atom. The third kappa shape index (κ3) is 6.76. The number of ether oxygens (including phenoxy) is 1. The molecule has 3 nitrogen and oxygen atoms in total. The Balaban J connectivity index is 1.56. The van der Waals surface area contributed by atoms with E-state index in [4.69, 9.17) is 17.0 Å². The summed E-state index contributed by atoms with van der Waals surface area (Å²) in [5, 5.41) is 6.94. The van der Waals surface area contributed by atoms with Crippen molar-refractivity contribution in [3.8, 4) is 5.75 Å². The van der Waals surface area contributed by atoms with Crippen molar-refractivity contribution in [2.24, 2.45) is 0 Å². The van der Waals surface area contributed by atoms with E-state index >= 15 is 0 Å². The summed E-state index contributed by atoms with van der Waals surface area (Å²) in [6.07, 6.45) is 1.01. The second-order valence-electron chi connectivity index (χ2n) is 5.14. The van der Waals surface area contributed by atoms with Gasteiger partial charge in [0.1, 0.15) is 11.6 Å². The molecule has 0 atom stereocenters. The average Bonchev–Trinajstić information content (AvgIpc) is 2.60. The first-order valence-electron chi connectivity index (χ1n) is 7.68. The lowest BCUT2D eigenvalue weighted by Gasteiger charge is -2.11. The Morgan fingerprint density at radius 2 is 1.83 bits per heavy atom. The van der Waals surface area contributed by atoms with Crippen LogP contribution in [0.2, 0.25) is 0 Å². The second kappa shape index (κ2) is 10.2. The highest BCUT2D eigenvalue weighted by Crippen LogP contribution is 2.15. The van der Waals surface area contributed by atoms with Gasteiger partial charge in [0.05, 0.1) is 7.11 Å². The standard InChI is InChI=1S/C18H21FN2OS2/c1-22-17-9-7-16(8-10-17)21-18(23)20-11-2-12-24-13-14-3-5-15(19)6-4-14/h3-10H,2,11-13H2,1H3,(H2,20,21,23). The summed E-state index contributed by atoms with van der Waals surface area (Å²) >= 11 is 7.10. The minimum absolute atomic E-state index is 0.189. The minimum Gasteiger partial charge on any atom is -0.497 e. The molecule has 0 aromatic heterocycles. The molecule has 0 saturated carbocycles. The van der Waals surface area contributed by atoms with E-state index in [1.54, 1.807) is 7.11 Å². The van der Waals surface area contributed by atoms with Crippen LogP contribution in [0.1, 0.15) is 12.0 Å². The number of thioether (sulfide) groups is 1. The molecule has 0 aliphatic rings. The number of hydrogen-bond acceptors (Lipinski definition) is 3. The van der Waals surface area contributed by atoms with Crippen LogP contribution in [0.25, 0.3) is 0 Å². The molecular formula is C18H21FN2OS2. The zero-order chi connectivity index (χ0) is 17.2. The molecule has 0 fully saturated rings. The van der Waals surface area contributed by atoms with Gasteiger partial charge in [-0.15, -0.1) is 0 Å². The number of halogens is 1. The monoisotopic (exact) mass is 364 g/mol. The molecule has 6 heteroatoms. The van der Waals surface area contributed by atoms with Gasteiger partial charge in [-0.05, 0) is 66.4 Å². The van der Waals surface area contributed by atoms with Crippen molar-refractivity contribution < 1.29 is 9.13 Å². The van der Waals surface area contributed by atoms with Gasteiger partial charge in [0, 0.05) is 18.0 Å². The van der Waals surface area contributed by atoms with Crippen LogP contribution in [0, 0.1) is 5.82 Å². The van der Waals surface area contributed by atoms with Gasteiger partial charge >= 0.3 is 0 Å². The molecule has 2 N–H and O–H groups in total. The summed E-state index contributed by atoms with van der Waals surface area (Å²) in [5.74, 6) is 2.55. The Hall–Kier alpha value is -1.79. The van der Waals surface area contributed by atoms with Gasteiger partial charge in [-0.3, -0.25) is 0 Å². The third-order valence-electron chi connectivity index (χ3n) is 3.28. The van der Waals surface area contributed by atoms with Crippen LogP contribution in [0.15, 0.2) is 48.5 Å². The smallest absolute Gasteiger partial charge is 0.170 e. The van der Waals surface area contributed by atoms with E-state index in [0.29, 0.717) is 5.11 Å². The van der Waals surface area contributed by atoms with E-state index in [-0.39, 0.29) is 5.82 Å².